The molecule has 0 fully saturated rings. The zero-order valence-electron chi connectivity index (χ0n) is 14.3. The predicted molar refractivity (Wildman–Crippen MR) is 102 cm³/mol. The van der Waals surface area contributed by atoms with Gasteiger partial charge in [0.25, 0.3) is 0 Å². The molecule has 26 heavy (non-hydrogen) atoms. The molecule has 134 valence electrons. The van der Waals surface area contributed by atoms with Crippen molar-refractivity contribution in [3.63, 3.8) is 0 Å². The molecule has 4 rings (SSSR count). The minimum absolute atomic E-state index is 0.336. The van der Waals surface area contributed by atoms with Crippen molar-refractivity contribution in [3.8, 4) is 16.3 Å². The number of aromatic nitrogens is 1. The summed E-state index contributed by atoms with van der Waals surface area (Å²) < 4.78 is 32.4. The van der Waals surface area contributed by atoms with Gasteiger partial charge in [-0.25, -0.2) is 13.4 Å². The third kappa shape index (κ3) is 3.13. The molecule has 0 aliphatic carbocycles. The topological polar surface area (TPSA) is 59.5 Å². The molecule has 0 saturated carbocycles. The van der Waals surface area contributed by atoms with Gasteiger partial charge in [-0.15, -0.1) is 11.3 Å². The quantitative estimate of drug-likeness (QED) is 0.688. The number of sulfonamides is 1. The van der Waals surface area contributed by atoms with Gasteiger partial charge in [0.1, 0.15) is 10.8 Å². The molecule has 0 atom stereocenters. The lowest BCUT2D eigenvalue weighted by Gasteiger charge is -2.25. The van der Waals surface area contributed by atoms with Crippen LogP contribution in [0.15, 0.2) is 59.5 Å². The van der Waals surface area contributed by atoms with Crippen LogP contribution >= 0.6 is 11.3 Å². The predicted octanol–water partition coefficient (Wildman–Crippen LogP) is 3.57. The van der Waals surface area contributed by atoms with Gasteiger partial charge in [0.2, 0.25) is 10.0 Å². The molecule has 0 N–H and O–H groups in total. The lowest BCUT2D eigenvalue weighted by molar-refractivity contribution is 0.393. The molecule has 0 saturated heterocycles. The van der Waals surface area contributed by atoms with E-state index in [0.29, 0.717) is 24.4 Å². The largest absolute Gasteiger partial charge is 0.497 e. The maximum Gasteiger partial charge on any atom is 0.243 e. The zero-order chi connectivity index (χ0) is 18.1. The Kier molecular flexibility index (Phi) is 4.52. The van der Waals surface area contributed by atoms with Crippen molar-refractivity contribution < 1.29 is 13.2 Å². The van der Waals surface area contributed by atoms with E-state index in [0.717, 1.165) is 26.9 Å². The van der Waals surface area contributed by atoms with Crippen molar-refractivity contribution in [2.75, 3.05) is 13.7 Å². The van der Waals surface area contributed by atoms with E-state index in [1.165, 1.54) is 0 Å². The van der Waals surface area contributed by atoms with Crippen LogP contribution in [0.4, 0.5) is 0 Å². The fourth-order valence-electron chi connectivity index (χ4n) is 2.98. The number of hydrogen-bond donors (Lipinski definition) is 0. The third-order valence-corrected chi connectivity index (χ3v) is 7.41. The Hall–Kier alpha value is -2.22. The van der Waals surface area contributed by atoms with Gasteiger partial charge in [0.15, 0.2) is 0 Å². The molecule has 5 nitrogen and oxygen atoms in total. The fourth-order valence-corrected chi connectivity index (χ4v) is 5.62. The van der Waals surface area contributed by atoms with Gasteiger partial charge in [0.05, 0.1) is 24.2 Å². The Labute approximate surface area is 156 Å². The minimum atomic E-state index is -3.47. The summed E-state index contributed by atoms with van der Waals surface area (Å²) in [6.45, 7) is 0.830. The first-order chi connectivity index (χ1) is 12.6. The van der Waals surface area contributed by atoms with E-state index in [9.17, 15) is 8.42 Å². The van der Waals surface area contributed by atoms with Crippen molar-refractivity contribution in [1.29, 1.82) is 0 Å². The maximum absolute atomic E-state index is 12.8. The number of nitrogens with zero attached hydrogens (tertiary/aromatic N) is 2. The molecule has 1 aliphatic rings. The standard InChI is InChI=1S/C19H18N2O3S2/c1-24-15-9-7-14(8-10-15)19-20-17-11-12-21(13-18(17)25-19)26(22,23)16-5-3-2-4-6-16/h2-10H,11-13H2,1H3. The van der Waals surface area contributed by atoms with E-state index < -0.39 is 10.0 Å². The van der Waals surface area contributed by atoms with Crippen LogP contribution in [0.3, 0.4) is 0 Å². The van der Waals surface area contributed by atoms with Crippen molar-refractivity contribution in [2.45, 2.75) is 17.9 Å². The molecular weight excluding hydrogens is 368 g/mol. The number of benzene rings is 2. The van der Waals surface area contributed by atoms with Crippen LogP contribution in [0, 0.1) is 0 Å². The summed E-state index contributed by atoms with van der Waals surface area (Å²) in [6.07, 6.45) is 0.633. The highest BCUT2D eigenvalue weighted by Crippen LogP contribution is 2.34. The van der Waals surface area contributed by atoms with E-state index in [-0.39, 0.29) is 0 Å². The number of fused-ring (bicyclic) bond motifs is 1. The van der Waals surface area contributed by atoms with E-state index >= 15 is 0 Å². The molecule has 3 aromatic rings. The molecule has 0 spiro atoms. The lowest BCUT2D eigenvalue weighted by atomic mass is 10.2. The number of thiazole rings is 1. The normalized spacial score (nSPS) is 14.8. The van der Waals surface area contributed by atoms with Gasteiger partial charge >= 0.3 is 0 Å². The second kappa shape index (κ2) is 6.83. The first kappa shape index (κ1) is 17.2. The average Bonchev–Trinajstić information content (AvgIpc) is 3.12. The molecule has 1 aliphatic heterocycles. The Morgan fingerprint density at radius 3 is 2.50 bits per heavy atom. The number of hydrogen-bond acceptors (Lipinski definition) is 5. The third-order valence-electron chi connectivity index (χ3n) is 4.41. The van der Waals surface area contributed by atoms with E-state index in [1.807, 2.05) is 30.3 Å². The molecular formula is C19H18N2O3S2. The monoisotopic (exact) mass is 386 g/mol. The highest BCUT2D eigenvalue weighted by Gasteiger charge is 2.30. The number of ether oxygens (including phenoxy) is 1. The highest BCUT2D eigenvalue weighted by atomic mass is 32.2. The Morgan fingerprint density at radius 1 is 1.08 bits per heavy atom. The fraction of sp³-hybridized carbons (Fsp3) is 0.211. The average molecular weight is 386 g/mol. The summed E-state index contributed by atoms with van der Waals surface area (Å²) in [6, 6.07) is 16.3. The SMILES string of the molecule is COc1ccc(-c2nc3c(s2)CN(S(=O)(=O)c2ccccc2)CC3)cc1. The van der Waals surface area contributed by atoms with Crippen LogP contribution in [-0.2, 0) is 23.0 Å². The van der Waals surface area contributed by atoms with E-state index in [1.54, 1.807) is 47.0 Å². The first-order valence-corrected chi connectivity index (χ1v) is 10.5. The summed E-state index contributed by atoms with van der Waals surface area (Å²) >= 11 is 1.56. The van der Waals surface area contributed by atoms with Gasteiger partial charge in [-0.05, 0) is 36.4 Å². The van der Waals surface area contributed by atoms with Crippen molar-refractivity contribution in [3.05, 3.63) is 65.2 Å². The first-order valence-electron chi connectivity index (χ1n) is 8.26. The van der Waals surface area contributed by atoms with Crippen LogP contribution < -0.4 is 4.74 Å². The molecule has 0 bridgehead atoms. The summed E-state index contributed by atoms with van der Waals surface area (Å²) in [5.41, 5.74) is 2.02. The molecule has 2 heterocycles. The number of rotatable bonds is 4. The summed E-state index contributed by atoms with van der Waals surface area (Å²) in [5, 5.41) is 0.914. The maximum atomic E-state index is 12.8. The molecule has 7 heteroatoms. The van der Waals surface area contributed by atoms with Gasteiger partial charge < -0.3 is 4.74 Å². The van der Waals surface area contributed by atoms with Crippen LogP contribution in [0.1, 0.15) is 10.6 Å². The lowest BCUT2D eigenvalue weighted by Crippen LogP contribution is -2.35. The Morgan fingerprint density at radius 2 is 1.81 bits per heavy atom. The van der Waals surface area contributed by atoms with Crippen molar-refractivity contribution in [1.82, 2.24) is 9.29 Å². The highest BCUT2D eigenvalue weighted by molar-refractivity contribution is 7.89. The van der Waals surface area contributed by atoms with Crippen molar-refractivity contribution >= 4 is 21.4 Å². The summed E-state index contributed by atoms with van der Waals surface area (Å²) in [5.74, 6) is 0.801. The Bertz CT molecular complexity index is 1010. The van der Waals surface area contributed by atoms with E-state index in [4.69, 9.17) is 9.72 Å². The Balaban J connectivity index is 1.60. The van der Waals surface area contributed by atoms with Gasteiger partial charge in [-0.2, -0.15) is 4.31 Å². The van der Waals surface area contributed by atoms with Gasteiger partial charge in [-0.3, -0.25) is 0 Å². The van der Waals surface area contributed by atoms with Crippen LogP contribution in [0.5, 0.6) is 5.75 Å². The second-order valence-electron chi connectivity index (χ2n) is 6.02. The molecule has 1 aromatic heterocycles. The van der Waals surface area contributed by atoms with E-state index in [2.05, 4.69) is 0 Å². The molecule has 2 aromatic carbocycles. The van der Waals surface area contributed by atoms with Crippen LogP contribution in [0.25, 0.3) is 10.6 Å². The molecule has 0 amide bonds. The molecule has 0 unspecified atom stereocenters. The summed E-state index contributed by atoms with van der Waals surface area (Å²) in [4.78, 5) is 6.07. The van der Waals surface area contributed by atoms with Crippen LogP contribution in [-0.4, -0.2) is 31.4 Å². The second-order valence-corrected chi connectivity index (χ2v) is 9.04. The van der Waals surface area contributed by atoms with Gasteiger partial charge in [-0.1, -0.05) is 18.2 Å². The zero-order valence-corrected chi connectivity index (χ0v) is 15.9. The minimum Gasteiger partial charge on any atom is -0.497 e. The molecule has 0 radical (unpaired) electrons. The summed E-state index contributed by atoms with van der Waals surface area (Å²) in [7, 11) is -1.84. The van der Waals surface area contributed by atoms with Gasteiger partial charge in [0, 0.05) is 23.4 Å². The smallest absolute Gasteiger partial charge is 0.243 e. The number of methoxy groups -OCH3 is 1. The van der Waals surface area contributed by atoms with Crippen LogP contribution in [0.2, 0.25) is 0 Å². The van der Waals surface area contributed by atoms with Crippen molar-refractivity contribution in [2.24, 2.45) is 0 Å².